The summed E-state index contributed by atoms with van der Waals surface area (Å²) >= 11 is 16.1. The van der Waals surface area contributed by atoms with Gasteiger partial charge in [-0.25, -0.2) is 9.59 Å². The minimum atomic E-state index is -1.10. The Morgan fingerprint density at radius 3 is 2.06 bits per heavy atom. The molecule has 0 spiro atoms. The molecule has 2 aromatic carbocycles. The van der Waals surface area contributed by atoms with Crippen molar-refractivity contribution in [3.8, 4) is 0 Å². The second kappa shape index (κ2) is 19.1. The maximum atomic E-state index is 13.9. The molecule has 2 heterocycles. The SMILES string of the molecule is [CH]N1CCN(CC(=O)O)CCN(C(=O)O)CCN(CC(=O)NCCCCN2C(=O)N(c3cc(Cl)cc(Cl)c3)C[C@]2(C)Cc2ccc(Br)cc2)CC1. The standard InChI is InChI=1S/C35H46BrCl2N7O6/c1-35(22-26-5-7-27(36)8-6-26)25-44(30-20-28(37)19-29(38)21-30)33(49)45(35)10-4-3-9-39-31(46)23-41-13-11-40(2)12-14-42(24-32(47)48)16-18-43(17-15-41)34(50)51/h2,5-8,19-21H,3-4,9-18,22-25H2,1H3,(H,39,46)(H,47,48)(H,50,51)/t35-/m0/s1. The number of halogens is 3. The Morgan fingerprint density at radius 1 is 0.882 bits per heavy atom. The molecular formula is C35H46BrCl2N7O6. The van der Waals surface area contributed by atoms with Gasteiger partial charge in [-0.2, -0.15) is 0 Å². The van der Waals surface area contributed by atoms with Crippen molar-refractivity contribution in [1.82, 2.24) is 29.8 Å². The van der Waals surface area contributed by atoms with Crippen LogP contribution in [0.15, 0.2) is 46.9 Å². The van der Waals surface area contributed by atoms with Gasteiger partial charge in [-0.1, -0.05) is 51.3 Å². The number of carboxylic acids is 1. The summed E-state index contributed by atoms with van der Waals surface area (Å²) in [6.45, 7) is 5.78. The zero-order valence-electron chi connectivity index (χ0n) is 28.8. The lowest BCUT2D eigenvalue weighted by atomic mass is 9.91. The topological polar surface area (TPSA) is 140 Å². The van der Waals surface area contributed by atoms with Crippen LogP contribution in [-0.4, -0.2) is 149 Å². The first-order chi connectivity index (χ1) is 24.2. The van der Waals surface area contributed by atoms with Crippen LogP contribution >= 0.6 is 39.1 Å². The number of carbonyl (C=O) groups is 4. The van der Waals surface area contributed by atoms with E-state index in [0.29, 0.717) is 87.4 Å². The minimum Gasteiger partial charge on any atom is -0.480 e. The molecule has 2 saturated heterocycles. The Morgan fingerprint density at radius 2 is 1.47 bits per heavy atom. The van der Waals surface area contributed by atoms with E-state index in [9.17, 15) is 29.4 Å². The van der Waals surface area contributed by atoms with Crippen LogP contribution in [0.5, 0.6) is 0 Å². The highest BCUT2D eigenvalue weighted by Gasteiger charge is 2.46. The van der Waals surface area contributed by atoms with E-state index in [1.807, 2.05) is 34.1 Å². The third-order valence-corrected chi connectivity index (χ3v) is 10.1. The summed E-state index contributed by atoms with van der Waals surface area (Å²) in [5.41, 5.74) is 1.22. The molecule has 2 fully saturated rings. The molecule has 2 aromatic rings. The van der Waals surface area contributed by atoms with Crippen LogP contribution in [-0.2, 0) is 16.0 Å². The molecule has 13 nitrogen and oxygen atoms in total. The average molecular weight is 812 g/mol. The van der Waals surface area contributed by atoms with E-state index < -0.39 is 17.6 Å². The van der Waals surface area contributed by atoms with Gasteiger partial charge in [0.15, 0.2) is 0 Å². The number of benzene rings is 2. The Labute approximate surface area is 318 Å². The van der Waals surface area contributed by atoms with Crippen LogP contribution in [0, 0.1) is 7.05 Å². The van der Waals surface area contributed by atoms with E-state index in [2.05, 4.69) is 28.2 Å². The molecule has 4 rings (SSSR count). The number of aliphatic carboxylic acids is 1. The van der Waals surface area contributed by atoms with E-state index in [1.54, 1.807) is 32.9 Å². The van der Waals surface area contributed by atoms with Crippen LogP contribution < -0.4 is 10.2 Å². The summed E-state index contributed by atoms with van der Waals surface area (Å²) < 4.78 is 0.978. The molecular weight excluding hydrogens is 765 g/mol. The fourth-order valence-corrected chi connectivity index (χ4v) is 7.20. The molecule has 1 atom stereocenters. The third-order valence-electron chi connectivity index (χ3n) is 9.18. The molecule has 16 heteroatoms. The largest absolute Gasteiger partial charge is 0.480 e. The lowest BCUT2D eigenvalue weighted by molar-refractivity contribution is -0.138. The summed E-state index contributed by atoms with van der Waals surface area (Å²) in [6.07, 6.45) is 0.841. The summed E-state index contributed by atoms with van der Waals surface area (Å²) in [5, 5.41) is 22.8. The maximum absolute atomic E-state index is 13.9. The summed E-state index contributed by atoms with van der Waals surface area (Å²) in [6, 6.07) is 13.0. The van der Waals surface area contributed by atoms with Crippen molar-refractivity contribution >= 4 is 68.8 Å². The zero-order chi connectivity index (χ0) is 37.1. The van der Waals surface area contributed by atoms with Gasteiger partial charge in [-0.15, -0.1) is 0 Å². The highest BCUT2D eigenvalue weighted by molar-refractivity contribution is 9.10. The van der Waals surface area contributed by atoms with Crippen molar-refractivity contribution in [2.45, 2.75) is 31.7 Å². The Balaban J connectivity index is 1.32. The summed E-state index contributed by atoms with van der Waals surface area (Å²) in [4.78, 5) is 60.0. The molecule has 0 aliphatic carbocycles. The number of rotatable bonds is 12. The number of nitrogens with zero attached hydrogens (tertiary/aromatic N) is 6. The Kier molecular flexibility index (Phi) is 15.2. The van der Waals surface area contributed by atoms with Gasteiger partial charge in [0.25, 0.3) is 0 Å². The molecule has 2 radical (unpaired) electrons. The number of anilines is 1. The van der Waals surface area contributed by atoms with Crippen molar-refractivity contribution in [3.63, 3.8) is 0 Å². The number of carboxylic acid groups (broad SMARTS) is 2. The van der Waals surface area contributed by atoms with Crippen molar-refractivity contribution in [2.75, 3.05) is 90.0 Å². The maximum Gasteiger partial charge on any atom is 0.407 e. The highest BCUT2D eigenvalue weighted by Crippen LogP contribution is 2.36. The van der Waals surface area contributed by atoms with E-state index in [0.717, 1.165) is 10.0 Å². The van der Waals surface area contributed by atoms with Crippen molar-refractivity contribution in [2.24, 2.45) is 0 Å². The van der Waals surface area contributed by atoms with Crippen molar-refractivity contribution in [1.29, 1.82) is 0 Å². The third kappa shape index (κ3) is 12.5. The number of hydrogen-bond acceptors (Lipinski definition) is 7. The molecule has 0 unspecified atom stereocenters. The average Bonchev–Trinajstić information content (AvgIpc) is 3.30. The predicted molar refractivity (Wildman–Crippen MR) is 200 cm³/mol. The van der Waals surface area contributed by atoms with E-state index >= 15 is 0 Å². The number of amides is 4. The van der Waals surface area contributed by atoms with Crippen LogP contribution in [0.3, 0.4) is 0 Å². The van der Waals surface area contributed by atoms with E-state index in [1.165, 1.54) is 4.90 Å². The van der Waals surface area contributed by atoms with Gasteiger partial charge in [0.05, 0.1) is 25.2 Å². The van der Waals surface area contributed by atoms with Gasteiger partial charge in [0.1, 0.15) is 0 Å². The molecule has 2 aliphatic rings. The van der Waals surface area contributed by atoms with Crippen LogP contribution in [0.1, 0.15) is 25.3 Å². The van der Waals surface area contributed by atoms with Gasteiger partial charge in [-0.3, -0.25) is 29.2 Å². The monoisotopic (exact) mass is 809 g/mol. The summed E-state index contributed by atoms with van der Waals surface area (Å²) in [7, 11) is 6.16. The molecule has 51 heavy (non-hydrogen) atoms. The quantitative estimate of drug-likeness (QED) is 0.264. The molecule has 4 amide bonds. The summed E-state index contributed by atoms with van der Waals surface area (Å²) in [5.74, 6) is -1.18. The lowest BCUT2D eigenvalue weighted by Crippen LogP contribution is -2.48. The number of carbonyl (C=O) groups excluding carboxylic acids is 2. The van der Waals surface area contributed by atoms with Gasteiger partial charge in [-0.05, 0) is 62.1 Å². The normalized spacial score (nSPS) is 20.3. The number of hydrogen-bond donors (Lipinski definition) is 3. The molecule has 0 aromatic heterocycles. The first-order valence-corrected chi connectivity index (χ1v) is 18.5. The van der Waals surface area contributed by atoms with E-state index in [-0.39, 0.29) is 44.7 Å². The second-order valence-corrected chi connectivity index (χ2v) is 15.0. The first-order valence-electron chi connectivity index (χ1n) is 16.9. The minimum absolute atomic E-state index is 0.0689. The predicted octanol–water partition coefficient (Wildman–Crippen LogP) is 4.55. The van der Waals surface area contributed by atoms with Crippen molar-refractivity contribution in [3.05, 3.63) is 69.6 Å². The van der Waals surface area contributed by atoms with Crippen molar-refractivity contribution < 1.29 is 29.4 Å². The van der Waals surface area contributed by atoms with Gasteiger partial charge in [0.2, 0.25) is 5.91 Å². The van der Waals surface area contributed by atoms with Crippen LogP contribution in [0.25, 0.3) is 0 Å². The van der Waals surface area contributed by atoms with Gasteiger partial charge >= 0.3 is 18.1 Å². The molecule has 2 aliphatic heterocycles. The molecule has 0 bridgehead atoms. The molecule has 278 valence electrons. The molecule has 3 N–H and O–H groups in total. The number of urea groups is 1. The zero-order valence-corrected chi connectivity index (χ0v) is 31.9. The van der Waals surface area contributed by atoms with Gasteiger partial charge in [0, 0.05) is 92.7 Å². The van der Waals surface area contributed by atoms with Crippen LogP contribution in [0.2, 0.25) is 10.0 Å². The Hall–Kier alpha value is -3.14. The first kappa shape index (κ1) is 40.6. The second-order valence-electron chi connectivity index (χ2n) is 13.3. The fourth-order valence-electron chi connectivity index (χ4n) is 6.42. The number of nitrogens with one attached hydrogen (secondary N) is 1. The van der Waals surface area contributed by atoms with E-state index in [4.69, 9.17) is 30.2 Å². The Bertz CT molecular complexity index is 1500. The number of unbranched alkanes of at least 4 members (excludes halogenated alkanes) is 1. The lowest BCUT2D eigenvalue weighted by Gasteiger charge is -2.34. The fraction of sp³-hybridized carbons (Fsp3) is 0.514. The molecule has 0 saturated carbocycles. The highest BCUT2D eigenvalue weighted by atomic mass is 79.9. The smallest absolute Gasteiger partial charge is 0.407 e. The van der Waals surface area contributed by atoms with Crippen LogP contribution in [0.4, 0.5) is 15.3 Å². The van der Waals surface area contributed by atoms with Gasteiger partial charge < -0.3 is 25.3 Å².